The topological polar surface area (TPSA) is 101 Å². The van der Waals surface area contributed by atoms with E-state index in [9.17, 15) is 22.8 Å². The molecule has 3 aliphatic rings. The van der Waals surface area contributed by atoms with Crippen LogP contribution in [-0.4, -0.2) is 81.1 Å². The summed E-state index contributed by atoms with van der Waals surface area (Å²) in [6, 6.07) is 6.90. The summed E-state index contributed by atoms with van der Waals surface area (Å²) in [5, 5.41) is 0. The minimum absolute atomic E-state index is 0.00212. The zero-order valence-corrected chi connectivity index (χ0v) is 17.3. The van der Waals surface area contributed by atoms with Gasteiger partial charge in [0, 0.05) is 27.2 Å². The van der Waals surface area contributed by atoms with E-state index in [0.717, 1.165) is 0 Å². The third-order valence-corrected chi connectivity index (χ3v) is 8.01. The molecule has 1 aromatic carbocycles. The molecule has 2 fully saturated rings. The molecule has 1 aromatic rings. The van der Waals surface area contributed by atoms with Crippen molar-refractivity contribution in [2.24, 2.45) is 17.3 Å². The third-order valence-electron chi connectivity index (χ3n) is 6.24. The average molecular weight is 420 g/mol. The standard InChI is InChI=1S/C20H24N2O6S/c1-21(2)19(25)15-9-22(18(24)13-7-8-29(26,27)10-13)11-20(15)12-28-16-6-4-3-5-14(16)17(20)23/h3-6,13,15H,7-12H2,1-2H3/t13?,15-,20-/m1/s1. The monoisotopic (exact) mass is 420 g/mol. The molecule has 0 N–H and O–H groups in total. The Balaban J connectivity index is 1.68. The summed E-state index contributed by atoms with van der Waals surface area (Å²) in [5.74, 6) is -1.79. The predicted molar refractivity (Wildman–Crippen MR) is 104 cm³/mol. The summed E-state index contributed by atoms with van der Waals surface area (Å²) >= 11 is 0. The number of fused-ring (bicyclic) bond motifs is 1. The molecule has 0 saturated carbocycles. The van der Waals surface area contributed by atoms with Crippen molar-refractivity contribution in [1.82, 2.24) is 9.80 Å². The maximum atomic E-state index is 13.5. The molecule has 1 unspecified atom stereocenters. The normalized spacial score (nSPS) is 30.1. The molecule has 3 heterocycles. The quantitative estimate of drug-likeness (QED) is 0.679. The fourth-order valence-corrected chi connectivity index (χ4v) is 6.38. The van der Waals surface area contributed by atoms with E-state index in [1.54, 1.807) is 38.4 Å². The second kappa shape index (κ2) is 6.83. The van der Waals surface area contributed by atoms with Crippen LogP contribution in [0.25, 0.3) is 0 Å². The van der Waals surface area contributed by atoms with Crippen molar-refractivity contribution in [2.45, 2.75) is 6.42 Å². The Morgan fingerprint density at radius 1 is 1.24 bits per heavy atom. The smallest absolute Gasteiger partial charge is 0.228 e. The van der Waals surface area contributed by atoms with E-state index >= 15 is 0 Å². The summed E-state index contributed by atoms with van der Waals surface area (Å²) in [4.78, 5) is 42.4. The molecular weight excluding hydrogens is 396 g/mol. The van der Waals surface area contributed by atoms with Gasteiger partial charge in [-0.05, 0) is 18.6 Å². The van der Waals surface area contributed by atoms with E-state index in [2.05, 4.69) is 0 Å². The number of likely N-dealkylation sites (tertiary alicyclic amines) is 1. The highest BCUT2D eigenvalue weighted by atomic mass is 32.2. The summed E-state index contributed by atoms with van der Waals surface area (Å²) in [6.07, 6.45) is 0.282. The van der Waals surface area contributed by atoms with Gasteiger partial charge < -0.3 is 14.5 Å². The summed E-state index contributed by atoms with van der Waals surface area (Å²) in [6.45, 7) is 0.156. The lowest BCUT2D eigenvalue weighted by atomic mass is 9.71. The Morgan fingerprint density at radius 3 is 2.62 bits per heavy atom. The number of carbonyl (C=O) groups is 3. The number of benzene rings is 1. The van der Waals surface area contributed by atoms with Gasteiger partial charge in [-0.1, -0.05) is 12.1 Å². The number of nitrogens with zero attached hydrogens (tertiary/aromatic N) is 2. The third kappa shape index (κ3) is 3.21. The number of hydrogen-bond donors (Lipinski definition) is 0. The van der Waals surface area contributed by atoms with Gasteiger partial charge in [0.05, 0.1) is 34.3 Å². The average Bonchev–Trinajstić information content (AvgIpc) is 3.25. The van der Waals surface area contributed by atoms with Crippen LogP contribution < -0.4 is 4.74 Å². The highest BCUT2D eigenvalue weighted by Crippen LogP contribution is 2.45. The van der Waals surface area contributed by atoms with Crippen LogP contribution in [0.4, 0.5) is 0 Å². The molecule has 0 bridgehead atoms. The lowest BCUT2D eigenvalue weighted by Gasteiger charge is -2.37. The van der Waals surface area contributed by atoms with Crippen LogP contribution in [0.3, 0.4) is 0 Å². The predicted octanol–water partition coefficient (Wildman–Crippen LogP) is 0.229. The van der Waals surface area contributed by atoms with Gasteiger partial charge in [-0.2, -0.15) is 0 Å². The fraction of sp³-hybridized carbons (Fsp3) is 0.550. The number of para-hydroxylation sites is 1. The van der Waals surface area contributed by atoms with Crippen LogP contribution in [0.15, 0.2) is 24.3 Å². The van der Waals surface area contributed by atoms with E-state index in [1.807, 2.05) is 0 Å². The van der Waals surface area contributed by atoms with Crippen molar-refractivity contribution < 1.29 is 27.5 Å². The van der Waals surface area contributed by atoms with E-state index in [0.29, 0.717) is 11.3 Å². The van der Waals surface area contributed by atoms with Gasteiger partial charge in [-0.3, -0.25) is 14.4 Å². The Morgan fingerprint density at radius 2 is 1.97 bits per heavy atom. The number of hydrogen-bond acceptors (Lipinski definition) is 6. The van der Waals surface area contributed by atoms with Crippen LogP contribution in [0.2, 0.25) is 0 Å². The molecule has 0 aliphatic carbocycles. The van der Waals surface area contributed by atoms with Crippen molar-refractivity contribution in [2.75, 3.05) is 45.3 Å². The molecular formula is C20H24N2O6S. The number of rotatable bonds is 2. The second-order valence-electron chi connectivity index (χ2n) is 8.37. The Kier molecular flexibility index (Phi) is 4.68. The highest BCUT2D eigenvalue weighted by molar-refractivity contribution is 7.91. The zero-order valence-electron chi connectivity index (χ0n) is 16.5. The largest absolute Gasteiger partial charge is 0.492 e. The number of Topliss-reactive ketones (excluding diaryl/α,β-unsaturated/α-hetero) is 1. The Bertz CT molecular complexity index is 988. The Hall–Kier alpha value is -2.42. The van der Waals surface area contributed by atoms with Crippen molar-refractivity contribution in [1.29, 1.82) is 0 Å². The molecule has 0 aromatic heterocycles. The van der Waals surface area contributed by atoms with Gasteiger partial charge in [0.25, 0.3) is 0 Å². The SMILES string of the molecule is CN(C)C(=O)[C@H]1CN(C(=O)C2CCS(=O)(=O)C2)C[C@@]12COc1ccccc1C2=O. The molecule has 3 aliphatic heterocycles. The minimum Gasteiger partial charge on any atom is -0.492 e. The summed E-state index contributed by atoms with van der Waals surface area (Å²) in [7, 11) is 0.0227. The number of sulfone groups is 1. The van der Waals surface area contributed by atoms with Gasteiger partial charge in [-0.15, -0.1) is 0 Å². The lowest BCUT2D eigenvalue weighted by Crippen LogP contribution is -2.51. The van der Waals surface area contributed by atoms with Crippen molar-refractivity contribution >= 4 is 27.4 Å². The molecule has 29 heavy (non-hydrogen) atoms. The van der Waals surface area contributed by atoms with E-state index in [4.69, 9.17) is 4.74 Å². The highest BCUT2D eigenvalue weighted by Gasteiger charge is 2.59. The molecule has 4 rings (SSSR count). The van der Waals surface area contributed by atoms with E-state index in [-0.39, 0.29) is 55.2 Å². The fourth-order valence-electron chi connectivity index (χ4n) is 4.65. The number of amides is 2. The Labute approximate surface area is 169 Å². The maximum absolute atomic E-state index is 13.5. The van der Waals surface area contributed by atoms with Crippen LogP contribution in [0.1, 0.15) is 16.8 Å². The van der Waals surface area contributed by atoms with Crippen LogP contribution in [-0.2, 0) is 19.4 Å². The van der Waals surface area contributed by atoms with Crippen molar-refractivity contribution in [3.63, 3.8) is 0 Å². The summed E-state index contributed by atoms with van der Waals surface area (Å²) < 4.78 is 29.5. The molecule has 8 nitrogen and oxygen atoms in total. The van der Waals surface area contributed by atoms with Crippen LogP contribution in [0.5, 0.6) is 5.75 Å². The van der Waals surface area contributed by atoms with E-state index < -0.39 is 27.1 Å². The van der Waals surface area contributed by atoms with Crippen molar-refractivity contribution in [3.8, 4) is 5.75 Å². The lowest BCUT2D eigenvalue weighted by molar-refractivity contribution is -0.136. The van der Waals surface area contributed by atoms with Crippen molar-refractivity contribution in [3.05, 3.63) is 29.8 Å². The van der Waals surface area contributed by atoms with Crippen LogP contribution in [0, 0.1) is 17.3 Å². The molecule has 0 radical (unpaired) electrons. The molecule has 3 atom stereocenters. The first kappa shape index (κ1) is 19.9. The maximum Gasteiger partial charge on any atom is 0.228 e. The number of carbonyl (C=O) groups excluding carboxylic acids is 3. The first-order valence-electron chi connectivity index (χ1n) is 9.62. The van der Waals surface area contributed by atoms with E-state index in [1.165, 1.54) is 9.80 Å². The molecule has 1 spiro atoms. The first-order valence-corrected chi connectivity index (χ1v) is 11.4. The number of ether oxygens (including phenoxy) is 1. The van der Waals surface area contributed by atoms with Gasteiger partial charge >= 0.3 is 0 Å². The second-order valence-corrected chi connectivity index (χ2v) is 10.6. The van der Waals surface area contributed by atoms with Gasteiger partial charge in [0.2, 0.25) is 11.8 Å². The minimum atomic E-state index is -3.21. The molecule has 2 amide bonds. The summed E-state index contributed by atoms with van der Waals surface area (Å²) in [5.41, 5.74) is -0.754. The molecule has 156 valence electrons. The first-order chi connectivity index (χ1) is 13.6. The molecule has 2 saturated heterocycles. The van der Waals surface area contributed by atoms with Gasteiger partial charge in [0.1, 0.15) is 12.4 Å². The van der Waals surface area contributed by atoms with Gasteiger partial charge in [-0.25, -0.2) is 8.42 Å². The zero-order chi connectivity index (χ0) is 21.0. The number of ketones is 1. The van der Waals surface area contributed by atoms with Gasteiger partial charge in [0.15, 0.2) is 15.6 Å². The van der Waals surface area contributed by atoms with Crippen LogP contribution >= 0.6 is 0 Å². The molecule has 9 heteroatoms.